The van der Waals surface area contributed by atoms with Gasteiger partial charge >= 0.3 is 0 Å². The number of amides is 1. The van der Waals surface area contributed by atoms with Crippen molar-refractivity contribution >= 4 is 21.6 Å². The third kappa shape index (κ3) is 4.14. The molecule has 0 radical (unpaired) electrons. The normalized spacial score (nSPS) is 16.5. The van der Waals surface area contributed by atoms with Crippen LogP contribution in [0.25, 0.3) is 0 Å². The van der Waals surface area contributed by atoms with Gasteiger partial charge in [0.25, 0.3) is 15.9 Å². The van der Waals surface area contributed by atoms with Gasteiger partial charge in [-0.15, -0.1) is 0 Å². The number of carbonyl (C=O) groups is 1. The third-order valence-corrected chi connectivity index (χ3v) is 6.54. The molecule has 0 atom stereocenters. The van der Waals surface area contributed by atoms with Gasteiger partial charge in [-0.2, -0.15) is 0 Å². The average Bonchev–Trinajstić information content (AvgIpc) is 3.60. The van der Waals surface area contributed by atoms with Crippen molar-refractivity contribution in [1.82, 2.24) is 4.90 Å². The Morgan fingerprint density at radius 1 is 1.07 bits per heavy atom. The third-order valence-electron chi connectivity index (χ3n) is 5.16. The summed E-state index contributed by atoms with van der Waals surface area (Å²) in [7, 11) is -2.29. The van der Waals surface area contributed by atoms with E-state index in [-0.39, 0.29) is 10.8 Å². The number of nitrogens with zero attached hydrogens (tertiary/aromatic N) is 1. The zero-order chi connectivity index (χ0) is 19.7. The molecule has 0 unspecified atom stereocenters. The van der Waals surface area contributed by atoms with Crippen LogP contribution in [0.4, 0.5) is 5.69 Å². The van der Waals surface area contributed by atoms with Crippen molar-refractivity contribution in [1.29, 1.82) is 0 Å². The van der Waals surface area contributed by atoms with Crippen molar-refractivity contribution in [2.45, 2.75) is 36.6 Å². The smallest absolute Gasteiger partial charge is 0.262 e. The fourth-order valence-corrected chi connectivity index (χ4v) is 4.31. The van der Waals surface area contributed by atoms with Crippen LogP contribution < -0.4 is 9.46 Å². The van der Waals surface area contributed by atoms with Crippen molar-refractivity contribution in [3.8, 4) is 5.75 Å². The second kappa shape index (κ2) is 7.47. The van der Waals surface area contributed by atoms with E-state index < -0.39 is 10.0 Å². The molecule has 0 aromatic heterocycles. The SMILES string of the molecule is COc1ccccc1NS(=O)(=O)c1ccc(C(=O)N(CC2CC2)C2CC2)cc1. The Balaban J connectivity index is 1.51. The highest BCUT2D eigenvalue weighted by molar-refractivity contribution is 7.92. The molecule has 148 valence electrons. The maximum atomic E-state index is 12.9. The number of rotatable bonds is 8. The van der Waals surface area contributed by atoms with Crippen molar-refractivity contribution in [3.63, 3.8) is 0 Å². The lowest BCUT2D eigenvalue weighted by Gasteiger charge is -2.22. The summed E-state index contributed by atoms with van der Waals surface area (Å²) in [5, 5.41) is 0. The largest absolute Gasteiger partial charge is 0.495 e. The van der Waals surface area contributed by atoms with Gasteiger partial charge in [-0.1, -0.05) is 12.1 Å². The van der Waals surface area contributed by atoms with Gasteiger partial charge in [0.05, 0.1) is 17.7 Å². The molecule has 2 saturated carbocycles. The Hall–Kier alpha value is -2.54. The first kappa shape index (κ1) is 18.8. The van der Waals surface area contributed by atoms with Crippen LogP contribution in [-0.2, 0) is 10.0 Å². The topological polar surface area (TPSA) is 75.7 Å². The van der Waals surface area contributed by atoms with Gasteiger partial charge in [0.1, 0.15) is 5.75 Å². The lowest BCUT2D eigenvalue weighted by molar-refractivity contribution is 0.0734. The maximum Gasteiger partial charge on any atom is 0.262 e. The monoisotopic (exact) mass is 400 g/mol. The molecule has 2 aliphatic carbocycles. The molecule has 4 rings (SSSR count). The molecule has 1 amide bonds. The molecule has 2 aromatic rings. The van der Waals surface area contributed by atoms with Gasteiger partial charge in [-0.05, 0) is 68.0 Å². The number of hydrogen-bond donors (Lipinski definition) is 1. The molecule has 0 bridgehead atoms. The summed E-state index contributed by atoms with van der Waals surface area (Å²) in [5.41, 5.74) is 0.901. The van der Waals surface area contributed by atoms with Crippen LogP contribution >= 0.6 is 0 Å². The molecule has 6 nitrogen and oxygen atoms in total. The molecule has 28 heavy (non-hydrogen) atoms. The van der Waals surface area contributed by atoms with Crippen LogP contribution in [0.15, 0.2) is 53.4 Å². The first-order valence-corrected chi connectivity index (χ1v) is 11.0. The summed E-state index contributed by atoms with van der Waals surface area (Å²) in [6.45, 7) is 0.818. The highest BCUT2D eigenvalue weighted by Gasteiger charge is 2.36. The minimum Gasteiger partial charge on any atom is -0.495 e. The van der Waals surface area contributed by atoms with E-state index in [1.54, 1.807) is 36.4 Å². The summed E-state index contributed by atoms with van der Waals surface area (Å²) in [5.74, 6) is 1.07. The second-order valence-electron chi connectivity index (χ2n) is 7.46. The summed E-state index contributed by atoms with van der Waals surface area (Å²) < 4.78 is 33.1. The van der Waals surface area contributed by atoms with Gasteiger partial charge in [-0.25, -0.2) is 8.42 Å². The van der Waals surface area contributed by atoms with Crippen molar-refractivity contribution < 1.29 is 17.9 Å². The number of carbonyl (C=O) groups excluding carboxylic acids is 1. The number of nitrogens with one attached hydrogen (secondary N) is 1. The van der Waals surface area contributed by atoms with Gasteiger partial charge in [0.15, 0.2) is 0 Å². The van der Waals surface area contributed by atoms with Crippen LogP contribution in [0.3, 0.4) is 0 Å². The van der Waals surface area contributed by atoms with Crippen molar-refractivity contribution in [3.05, 3.63) is 54.1 Å². The Morgan fingerprint density at radius 3 is 2.36 bits per heavy atom. The van der Waals surface area contributed by atoms with Crippen molar-refractivity contribution in [2.75, 3.05) is 18.4 Å². The molecule has 1 N–H and O–H groups in total. The van der Waals surface area contributed by atoms with E-state index in [1.165, 1.54) is 32.1 Å². The van der Waals surface area contributed by atoms with E-state index in [9.17, 15) is 13.2 Å². The molecule has 2 fully saturated rings. The van der Waals surface area contributed by atoms with Crippen LogP contribution in [0.5, 0.6) is 5.75 Å². The fourth-order valence-electron chi connectivity index (χ4n) is 3.24. The minimum absolute atomic E-state index is 0.00367. The average molecular weight is 401 g/mol. The number of hydrogen-bond acceptors (Lipinski definition) is 4. The van der Waals surface area contributed by atoms with Crippen LogP contribution in [-0.4, -0.2) is 38.9 Å². The Bertz CT molecular complexity index is 964. The van der Waals surface area contributed by atoms with E-state index in [1.807, 2.05) is 4.90 Å². The van der Waals surface area contributed by atoms with Gasteiger partial charge in [0, 0.05) is 18.2 Å². The highest BCUT2D eigenvalue weighted by Crippen LogP contribution is 2.35. The van der Waals surface area contributed by atoms with Crippen LogP contribution in [0.1, 0.15) is 36.0 Å². The quantitative estimate of drug-likeness (QED) is 0.736. The van der Waals surface area contributed by atoms with Crippen LogP contribution in [0, 0.1) is 5.92 Å². The predicted molar refractivity (Wildman–Crippen MR) is 107 cm³/mol. The predicted octanol–water partition coefficient (Wildman–Crippen LogP) is 3.51. The van der Waals surface area contributed by atoms with E-state index in [4.69, 9.17) is 4.74 Å². The first-order chi connectivity index (χ1) is 13.5. The number of methoxy groups -OCH3 is 1. The van der Waals surface area contributed by atoms with E-state index >= 15 is 0 Å². The number of para-hydroxylation sites is 2. The standard InChI is InChI=1S/C21H24N2O4S/c1-27-20-5-3-2-4-19(20)22-28(25,26)18-12-8-16(9-13-18)21(24)23(17-10-11-17)14-15-6-7-15/h2-5,8-9,12-13,15,17,22H,6-7,10-11,14H2,1H3. The molecule has 0 aliphatic heterocycles. The molecule has 2 aliphatic rings. The summed E-state index contributed by atoms with van der Waals surface area (Å²) in [4.78, 5) is 14.9. The van der Waals surface area contributed by atoms with E-state index in [0.717, 1.165) is 19.4 Å². The zero-order valence-electron chi connectivity index (χ0n) is 15.8. The van der Waals surface area contributed by atoms with Gasteiger partial charge < -0.3 is 9.64 Å². The maximum absolute atomic E-state index is 12.9. The first-order valence-electron chi connectivity index (χ1n) is 9.55. The molecule has 7 heteroatoms. The highest BCUT2D eigenvalue weighted by atomic mass is 32.2. The Labute approximate surface area is 165 Å². The molecule has 0 spiro atoms. The molecular formula is C21H24N2O4S. The van der Waals surface area contributed by atoms with Crippen LogP contribution in [0.2, 0.25) is 0 Å². The Morgan fingerprint density at radius 2 is 1.75 bits per heavy atom. The second-order valence-corrected chi connectivity index (χ2v) is 9.14. The minimum atomic E-state index is -3.78. The summed E-state index contributed by atoms with van der Waals surface area (Å²) in [6.07, 6.45) is 4.52. The Kier molecular flexibility index (Phi) is 5.02. The molecule has 2 aromatic carbocycles. The lowest BCUT2D eigenvalue weighted by Crippen LogP contribution is -2.34. The van der Waals surface area contributed by atoms with Gasteiger partial charge in [-0.3, -0.25) is 9.52 Å². The summed E-state index contributed by atoms with van der Waals surface area (Å²) in [6, 6.07) is 13.3. The van der Waals surface area contributed by atoms with Crippen molar-refractivity contribution in [2.24, 2.45) is 5.92 Å². The molecule has 0 saturated heterocycles. The van der Waals surface area contributed by atoms with E-state index in [0.29, 0.717) is 29.0 Å². The number of benzene rings is 2. The van der Waals surface area contributed by atoms with E-state index in [2.05, 4.69) is 4.72 Å². The molecule has 0 heterocycles. The number of sulfonamides is 1. The molecular weight excluding hydrogens is 376 g/mol. The number of anilines is 1. The summed E-state index contributed by atoms with van der Waals surface area (Å²) >= 11 is 0. The lowest BCUT2D eigenvalue weighted by atomic mass is 10.2. The fraction of sp³-hybridized carbons (Fsp3) is 0.381. The van der Waals surface area contributed by atoms with Gasteiger partial charge in [0.2, 0.25) is 0 Å². The zero-order valence-corrected chi connectivity index (χ0v) is 16.6. The number of ether oxygens (including phenoxy) is 1.